The van der Waals surface area contributed by atoms with Crippen molar-refractivity contribution in [1.82, 2.24) is 10.2 Å². The minimum atomic E-state index is -0.591. The van der Waals surface area contributed by atoms with Crippen molar-refractivity contribution in [3.05, 3.63) is 35.9 Å². The molecule has 0 saturated heterocycles. The summed E-state index contributed by atoms with van der Waals surface area (Å²) >= 11 is 0. The second kappa shape index (κ2) is 7.59. The summed E-state index contributed by atoms with van der Waals surface area (Å²) in [6, 6.07) is 13.4. The van der Waals surface area contributed by atoms with Crippen LogP contribution in [0.5, 0.6) is 0 Å². The molecule has 1 saturated carbocycles. The molecule has 1 aromatic carbocycles. The van der Waals surface area contributed by atoms with Gasteiger partial charge < -0.3 is 0 Å². The van der Waals surface area contributed by atoms with Gasteiger partial charge in [-0.05, 0) is 37.9 Å². The van der Waals surface area contributed by atoms with E-state index < -0.39 is 5.54 Å². The molecule has 1 fully saturated rings. The van der Waals surface area contributed by atoms with Crippen LogP contribution >= 0.6 is 0 Å². The summed E-state index contributed by atoms with van der Waals surface area (Å²) in [5, 5.41) is 13.3. The fraction of sp³-hybridized carbons (Fsp3) is 0.611. The molecule has 0 aromatic heterocycles. The van der Waals surface area contributed by atoms with E-state index in [2.05, 4.69) is 42.3 Å². The normalized spacial score (nSPS) is 17.4. The Kier molecular flexibility index (Phi) is 5.78. The Bertz CT molecular complexity index is 461. The molecule has 114 valence electrons. The van der Waals surface area contributed by atoms with Crippen molar-refractivity contribution in [3.63, 3.8) is 0 Å². The van der Waals surface area contributed by atoms with E-state index in [1.807, 2.05) is 18.2 Å². The van der Waals surface area contributed by atoms with Gasteiger partial charge in [-0.25, -0.2) is 0 Å². The summed E-state index contributed by atoms with van der Waals surface area (Å²) in [4.78, 5) is 2.52. The van der Waals surface area contributed by atoms with Gasteiger partial charge in [0.25, 0.3) is 0 Å². The van der Waals surface area contributed by atoms with Crippen LogP contribution in [0.25, 0.3) is 0 Å². The van der Waals surface area contributed by atoms with E-state index in [1.54, 1.807) is 0 Å². The van der Waals surface area contributed by atoms with Gasteiger partial charge in [-0.1, -0.05) is 50.6 Å². The Hall–Kier alpha value is -1.37. The monoisotopic (exact) mass is 285 g/mol. The zero-order chi connectivity index (χ0) is 15.1. The van der Waals surface area contributed by atoms with Gasteiger partial charge in [-0.15, -0.1) is 0 Å². The molecule has 21 heavy (non-hydrogen) atoms. The molecule has 0 heterocycles. The van der Waals surface area contributed by atoms with E-state index in [0.717, 1.165) is 25.2 Å². The van der Waals surface area contributed by atoms with Crippen molar-refractivity contribution in [1.29, 1.82) is 5.26 Å². The van der Waals surface area contributed by atoms with Gasteiger partial charge in [-0.3, -0.25) is 10.2 Å². The molecule has 1 aromatic rings. The van der Waals surface area contributed by atoms with E-state index in [4.69, 9.17) is 0 Å². The van der Waals surface area contributed by atoms with E-state index in [1.165, 1.54) is 25.7 Å². The molecule has 3 nitrogen and oxygen atoms in total. The molecule has 0 bridgehead atoms. The van der Waals surface area contributed by atoms with Crippen LogP contribution in [0.1, 0.15) is 45.1 Å². The molecule has 0 spiro atoms. The fourth-order valence-electron chi connectivity index (χ4n) is 2.91. The van der Waals surface area contributed by atoms with Crippen LogP contribution in [0, 0.1) is 11.3 Å². The van der Waals surface area contributed by atoms with Gasteiger partial charge in [0.05, 0.1) is 6.07 Å². The Morgan fingerprint density at radius 1 is 1.29 bits per heavy atom. The Morgan fingerprint density at radius 3 is 2.52 bits per heavy atom. The SMILES string of the molecule is CCCCN(CC(C#N)(NCC)c1ccccc1)C1CC1. The lowest BCUT2D eigenvalue weighted by molar-refractivity contribution is 0.201. The number of unbranched alkanes of at least 4 members (excludes halogenated alkanes) is 1. The number of nitrogens with zero attached hydrogens (tertiary/aromatic N) is 2. The second-order valence-electron chi connectivity index (χ2n) is 5.97. The van der Waals surface area contributed by atoms with Gasteiger partial charge in [0.2, 0.25) is 0 Å². The third-order valence-electron chi connectivity index (χ3n) is 4.24. The summed E-state index contributed by atoms with van der Waals surface area (Å²) in [5.74, 6) is 0. The summed E-state index contributed by atoms with van der Waals surface area (Å²) in [6.45, 7) is 6.98. The fourth-order valence-corrected chi connectivity index (χ4v) is 2.91. The third-order valence-corrected chi connectivity index (χ3v) is 4.24. The number of benzene rings is 1. The predicted octanol–water partition coefficient (Wildman–Crippen LogP) is 3.28. The molecule has 1 aliphatic rings. The number of nitrogens with one attached hydrogen (secondary N) is 1. The molecule has 1 aliphatic carbocycles. The largest absolute Gasteiger partial charge is 0.297 e. The van der Waals surface area contributed by atoms with Crippen molar-refractivity contribution in [2.45, 2.75) is 51.1 Å². The Morgan fingerprint density at radius 2 is 2.00 bits per heavy atom. The summed E-state index contributed by atoms with van der Waals surface area (Å²) in [5.41, 5.74) is 0.489. The number of hydrogen-bond acceptors (Lipinski definition) is 3. The van der Waals surface area contributed by atoms with E-state index in [-0.39, 0.29) is 0 Å². The maximum Gasteiger partial charge on any atom is 0.145 e. The van der Waals surface area contributed by atoms with Crippen molar-refractivity contribution >= 4 is 0 Å². The van der Waals surface area contributed by atoms with Crippen LogP contribution in [0.2, 0.25) is 0 Å². The molecule has 0 radical (unpaired) electrons. The lowest BCUT2D eigenvalue weighted by Crippen LogP contribution is -2.51. The first-order chi connectivity index (χ1) is 10.3. The van der Waals surface area contributed by atoms with Gasteiger partial charge in [0.1, 0.15) is 5.54 Å². The first-order valence-corrected chi connectivity index (χ1v) is 8.21. The predicted molar refractivity (Wildman–Crippen MR) is 86.9 cm³/mol. The summed E-state index contributed by atoms with van der Waals surface area (Å²) < 4.78 is 0. The first-order valence-electron chi connectivity index (χ1n) is 8.21. The van der Waals surface area contributed by atoms with E-state index >= 15 is 0 Å². The molecular weight excluding hydrogens is 258 g/mol. The van der Waals surface area contributed by atoms with E-state index in [0.29, 0.717) is 6.04 Å². The highest BCUT2D eigenvalue weighted by Gasteiger charge is 2.38. The third kappa shape index (κ3) is 4.06. The summed E-state index contributed by atoms with van der Waals surface area (Å²) in [6.07, 6.45) is 4.98. The molecule has 1 N–H and O–H groups in total. The summed E-state index contributed by atoms with van der Waals surface area (Å²) in [7, 11) is 0. The zero-order valence-electron chi connectivity index (χ0n) is 13.3. The van der Waals surface area contributed by atoms with Crippen molar-refractivity contribution in [2.75, 3.05) is 19.6 Å². The average molecular weight is 285 g/mol. The minimum Gasteiger partial charge on any atom is -0.297 e. The number of hydrogen-bond donors (Lipinski definition) is 1. The molecule has 0 aliphatic heterocycles. The number of likely N-dealkylation sites (N-methyl/N-ethyl adjacent to an activating group) is 1. The molecule has 0 amide bonds. The molecular formula is C18H27N3. The smallest absolute Gasteiger partial charge is 0.145 e. The van der Waals surface area contributed by atoms with Crippen LogP contribution < -0.4 is 5.32 Å². The number of rotatable bonds is 9. The van der Waals surface area contributed by atoms with Crippen LogP contribution in [-0.4, -0.2) is 30.6 Å². The van der Waals surface area contributed by atoms with Crippen LogP contribution in [-0.2, 0) is 5.54 Å². The van der Waals surface area contributed by atoms with Crippen molar-refractivity contribution in [2.24, 2.45) is 0 Å². The highest BCUT2D eigenvalue weighted by Crippen LogP contribution is 2.31. The van der Waals surface area contributed by atoms with Gasteiger partial charge in [0, 0.05) is 12.6 Å². The first kappa shape index (κ1) is 16.0. The lowest BCUT2D eigenvalue weighted by Gasteiger charge is -2.34. The van der Waals surface area contributed by atoms with Crippen LogP contribution in [0.4, 0.5) is 0 Å². The topological polar surface area (TPSA) is 39.1 Å². The highest BCUT2D eigenvalue weighted by atomic mass is 15.2. The van der Waals surface area contributed by atoms with E-state index in [9.17, 15) is 5.26 Å². The molecule has 2 rings (SSSR count). The Labute approximate surface area is 129 Å². The van der Waals surface area contributed by atoms with Gasteiger partial charge in [-0.2, -0.15) is 5.26 Å². The van der Waals surface area contributed by atoms with Crippen molar-refractivity contribution < 1.29 is 0 Å². The van der Waals surface area contributed by atoms with Crippen LogP contribution in [0.3, 0.4) is 0 Å². The van der Waals surface area contributed by atoms with Gasteiger partial charge >= 0.3 is 0 Å². The van der Waals surface area contributed by atoms with Gasteiger partial charge in [0.15, 0.2) is 0 Å². The zero-order valence-corrected chi connectivity index (χ0v) is 13.3. The average Bonchev–Trinajstić information content (AvgIpc) is 3.36. The molecule has 1 unspecified atom stereocenters. The highest BCUT2D eigenvalue weighted by molar-refractivity contribution is 5.32. The lowest BCUT2D eigenvalue weighted by atomic mass is 9.90. The maximum absolute atomic E-state index is 9.90. The number of nitriles is 1. The standard InChI is InChI=1S/C18H27N3/c1-3-5-13-21(17-11-12-17)15-18(14-19,20-4-2)16-9-7-6-8-10-16/h6-10,17,20H,3-5,11-13,15H2,1-2H3. The quantitative estimate of drug-likeness (QED) is 0.757. The minimum absolute atomic E-state index is 0.591. The molecule has 3 heteroatoms. The van der Waals surface area contributed by atoms with Crippen molar-refractivity contribution in [3.8, 4) is 6.07 Å². The maximum atomic E-state index is 9.90. The molecule has 1 atom stereocenters. The van der Waals surface area contributed by atoms with Crippen LogP contribution in [0.15, 0.2) is 30.3 Å². The second-order valence-corrected chi connectivity index (χ2v) is 5.97. The Balaban J connectivity index is 2.20.